The highest BCUT2D eigenvalue weighted by molar-refractivity contribution is 4.94. The molecule has 0 aromatic rings. The highest BCUT2D eigenvalue weighted by Gasteiger charge is 2.43. The lowest BCUT2D eigenvalue weighted by atomic mass is 9.76. The van der Waals surface area contributed by atoms with E-state index in [0.29, 0.717) is 11.5 Å². The van der Waals surface area contributed by atoms with E-state index < -0.39 is 0 Å². The zero-order valence-corrected chi connectivity index (χ0v) is 12.4. The first-order valence-electron chi connectivity index (χ1n) is 7.33. The first-order valence-corrected chi connectivity index (χ1v) is 7.33. The number of rotatable bonds is 3. The molecular formula is C15H29NO2. The molecule has 0 aromatic carbocycles. The average molecular weight is 255 g/mol. The van der Waals surface area contributed by atoms with E-state index in [1.54, 1.807) is 0 Å². The largest absolute Gasteiger partial charge is 0.378 e. The Bertz CT molecular complexity index is 266. The fraction of sp³-hybridized carbons (Fsp3) is 1.00. The summed E-state index contributed by atoms with van der Waals surface area (Å²) in [4.78, 5) is 0. The van der Waals surface area contributed by atoms with E-state index >= 15 is 0 Å². The average Bonchev–Trinajstić information content (AvgIpc) is 2.73. The standard InChI is InChI=1S/C15H29NO2/c1-14(2,3)10-13(16-4)12-5-7-18-15(9-12)6-8-17-11-15/h12-13,16H,5-11H2,1-4H3. The molecule has 0 aromatic heterocycles. The summed E-state index contributed by atoms with van der Waals surface area (Å²) >= 11 is 0. The van der Waals surface area contributed by atoms with Crippen LogP contribution in [0.5, 0.6) is 0 Å². The van der Waals surface area contributed by atoms with Gasteiger partial charge in [-0.15, -0.1) is 0 Å². The van der Waals surface area contributed by atoms with Gasteiger partial charge in [-0.1, -0.05) is 20.8 Å². The van der Waals surface area contributed by atoms with Crippen LogP contribution in [0.3, 0.4) is 0 Å². The molecule has 2 fully saturated rings. The van der Waals surface area contributed by atoms with Crippen LogP contribution in [0.4, 0.5) is 0 Å². The molecule has 3 heteroatoms. The maximum Gasteiger partial charge on any atom is 0.0939 e. The van der Waals surface area contributed by atoms with Crippen LogP contribution >= 0.6 is 0 Å². The molecule has 3 nitrogen and oxygen atoms in total. The monoisotopic (exact) mass is 255 g/mol. The van der Waals surface area contributed by atoms with Gasteiger partial charge < -0.3 is 14.8 Å². The third-order valence-electron chi connectivity index (χ3n) is 4.37. The van der Waals surface area contributed by atoms with Crippen molar-refractivity contribution in [1.82, 2.24) is 5.32 Å². The molecule has 3 unspecified atom stereocenters. The van der Waals surface area contributed by atoms with Gasteiger partial charge in [-0.2, -0.15) is 0 Å². The maximum absolute atomic E-state index is 6.03. The molecule has 2 saturated heterocycles. The predicted octanol–water partition coefficient (Wildman–Crippen LogP) is 2.60. The van der Waals surface area contributed by atoms with Crippen molar-refractivity contribution in [2.24, 2.45) is 11.3 Å². The van der Waals surface area contributed by atoms with Gasteiger partial charge in [0.2, 0.25) is 0 Å². The molecule has 2 rings (SSSR count). The highest BCUT2D eigenvalue weighted by Crippen LogP contribution is 2.39. The molecule has 2 aliphatic heterocycles. The number of nitrogens with one attached hydrogen (secondary N) is 1. The van der Waals surface area contributed by atoms with Crippen LogP contribution < -0.4 is 5.32 Å². The molecule has 1 spiro atoms. The third kappa shape index (κ3) is 3.46. The Kier molecular flexibility index (Phi) is 4.35. The number of hydrogen-bond donors (Lipinski definition) is 1. The second kappa shape index (κ2) is 5.48. The van der Waals surface area contributed by atoms with Crippen LogP contribution in [-0.2, 0) is 9.47 Å². The normalized spacial score (nSPS) is 35.0. The summed E-state index contributed by atoms with van der Waals surface area (Å²) < 4.78 is 11.6. The molecule has 106 valence electrons. The minimum Gasteiger partial charge on any atom is -0.378 e. The Morgan fingerprint density at radius 3 is 2.67 bits per heavy atom. The van der Waals surface area contributed by atoms with Gasteiger partial charge in [0.15, 0.2) is 0 Å². The Morgan fingerprint density at radius 2 is 2.11 bits per heavy atom. The predicted molar refractivity (Wildman–Crippen MR) is 73.8 cm³/mol. The van der Waals surface area contributed by atoms with Crippen LogP contribution in [0.25, 0.3) is 0 Å². The van der Waals surface area contributed by atoms with E-state index in [0.717, 1.165) is 38.6 Å². The van der Waals surface area contributed by atoms with Crippen molar-refractivity contribution in [2.75, 3.05) is 26.9 Å². The van der Waals surface area contributed by atoms with Gasteiger partial charge >= 0.3 is 0 Å². The van der Waals surface area contributed by atoms with Crippen molar-refractivity contribution in [3.8, 4) is 0 Å². The second-order valence-electron chi connectivity index (χ2n) is 7.25. The lowest BCUT2D eigenvalue weighted by molar-refractivity contribution is -0.104. The van der Waals surface area contributed by atoms with E-state index in [4.69, 9.17) is 9.47 Å². The van der Waals surface area contributed by atoms with Crippen LogP contribution in [0.1, 0.15) is 46.5 Å². The number of hydrogen-bond acceptors (Lipinski definition) is 3. The SMILES string of the molecule is CNC(CC(C)(C)C)C1CCOC2(CCOC2)C1. The number of ether oxygens (including phenoxy) is 2. The van der Waals surface area contributed by atoms with Crippen molar-refractivity contribution >= 4 is 0 Å². The van der Waals surface area contributed by atoms with Crippen LogP contribution in [0.15, 0.2) is 0 Å². The quantitative estimate of drug-likeness (QED) is 0.841. The highest BCUT2D eigenvalue weighted by atomic mass is 16.6. The summed E-state index contributed by atoms with van der Waals surface area (Å²) in [5, 5.41) is 3.54. The fourth-order valence-corrected chi connectivity index (χ4v) is 3.44. The van der Waals surface area contributed by atoms with Crippen LogP contribution in [0.2, 0.25) is 0 Å². The molecule has 18 heavy (non-hydrogen) atoms. The molecule has 0 bridgehead atoms. The molecule has 0 amide bonds. The van der Waals surface area contributed by atoms with Crippen molar-refractivity contribution in [2.45, 2.75) is 58.1 Å². The van der Waals surface area contributed by atoms with Crippen molar-refractivity contribution in [1.29, 1.82) is 0 Å². The van der Waals surface area contributed by atoms with Gasteiger partial charge in [0.1, 0.15) is 0 Å². The second-order valence-corrected chi connectivity index (χ2v) is 7.25. The van der Waals surface area contributed by atoms with Gasteiger partial charge in [0.05, 0.1) is 12.2 Å². The van der Waals surface area contributed by atoms with Gasteiger partial charge in [-0.25, -0.2) is 0 Å². The van der Waals surface area contributed by atoms with Crippen LogP contribution in [-0.4, -0.2) is 38.5 Å². The Balaban J connectivity index is 1.98. The van der Waals surface area contributed by atoms with Gasteiger partial charge in [0, 0.05) is 25.7 Å². The Labute approximate surface area is 112 Å². The summed E-state index contributed by atoms with van der Waals surface area (Å²) in [6.07, 6.45) is 4.65. The van der Waals surface area contributed by atoms with E-state index in [-0.39, 0.29) is 5.60 Å². The summed E-state index contributed by atoms with van der Waals surface area (Å²) in [6.45, 7) is 9.54. The molecule has 0 radical (unpaired) electrons. The lowest BCUT2D eigenvalue weighted by Crippen LogP contribution is -2.47. The maximum atomic E-state index is 6.03. The molecule has 0 saturated carbocycles. The van der Waals surface area contributed by atoms with Crippen molar-refractivity contribution in [3.05, 3.63) is 0 Å². The zero-order chi connectivity index (χ0) is 13.2. The van der Waals surface area contributed by atoms with Crippen LogP contribution in [0, 0.1) is 11.3 Å². The van der Waals surface area contributed by atoms with Gasteiger partial charge in [-0.3, -0.25) is 0 Å². The minimum atomic E-state index is 0.0376. The van der Waals surface area contributed by atoms with E-state index in [2.05, 4.69) is 33.1 Å². The molecule has 3 atom stereocenters. The van der Waals surface area contributed by atoms with Crippen molar-refractivity contribution in [3.63, 3.8) is 0 Å². The lowest BCUT2D eigenvalue weighted by Gasteiger charge is -2.41. The molecule has 2 aliphatic rings. The molecule has 2 heterocycles. The molecular weight excluding hydrogens is 226 g/mol. The van der Waals surface area contributed by atoms with E-state index in [9.17, 15) is 0 Å². The summed E-state index contributed by atoms with van der Waals surface area (Å²) in [7, 11) is 2.10. The summed E-state index contributed by atoms with van der Waals surface area (Å²) in [6, 6.07) is 0.603. The summed E-state index contributed by atoms with van der Waals surface area (Å²) in [5.74, 6) is 0.727. The zero-order valence-electron chi connectivity index (χ0n) is 12.4. The smallest absolute Gasteiger partial charge is 0.0939 e. The minimum absolute atomic E-state index is 0.0376. The van der Waals surface area contributed by atoms with Crippen molar-refractivity contribution < 1.29 is 9.47 Å². The van der Waals surface area contributed by atoms with Gasteiger partial charge in [0.25, 0.3) is 0 Å². The summed E-state index contributed by atoms with van der Waals surface area (Å²) in [5.41, 5.74) is 0.418. The fourth-order valence-electron chi connectivity index (χ4n) is 3.44. The molecule has 1 N–H and O–H groups in total. The first-order chi connectivity index (χ1) is 8.44. The topological polar surface area (TPSA) is 30.5 Å². The third-order valence-corrected chi connectivity index (χ3v) is 4.37. The first kappa shape index (κ1) is 14.3. The molecule has 0 aliphatic carbocycles. The van der Waals surface area contributed by atoms with E-state index in [1.165, 1.54) is 12.8 Å². The Hall–Kier alpha value is -0.120. The van der Waals surface area contributed by atoms with E-state index in [1.807, 2.05) is 0 Å². The van der Waals surface area contributed by atoms with Gasteiger partial charge in [-0.05, 0) is 37.6 Å². The Morgan fingerprint density at radius 1 is 1.33 bits per heavy atom.